The number of carbonyl (C=O) groups is 2. The lowest BCUT2D eigenvalue weighted by molar-refractivity contribution is -0.129. The second-order valence-electron chi connectivity index (χ2n) is 10.8. The molecule has 0 radical (unpaired) electrons. The van der Waals surface area contributed by atoms with Gasteiger partial charge in [-0.2, -0.15) is 9.97 Å². The molecule has 0 spiro atoms. The summed E-state index contributed by atoms with van der Waals surface area (Å²) in [4.78, 5) is 42.2. The van der Waals surface area contributed by atoms with Crippen LogP contribution in [0.2, 0.25) is 5.02 Å². The highest BCUT2D eigenvalue weighted by Crippen LogP contribution is 2.35. The van der Waals surface area contributed by atoms with Gasteiger partial charge in [0.25, 0.3) is 0 Å². The average Bonchev–Trinajstić information content (AvgIpc) is 3.19. The van der Waals surface area contributed by atoms with Gasteiger partial charge >= 0.3 is 6.01 Å². The second-order valence-corrected chi connectivity index (χ2v) is 11.2. The Labute approximate surface area is 246 Å². The fourth-order valence-electron chi connectivity index (χ4n) is 5.69. The molecule has 2 aliphatic heterocycles. The highest BCUT2D eigenvalue weighted by atomic mass is 35.5. The highest BCUT2D eigenvalue weighted by Gasteiger charge is 2.31. The molecule has 9 nitrogen and oxygen atoms in total. The summed E-state index contributed by atoms with van der Waals surface area (Å²) in [6.07, 6.45) is 3.08. The lowest BCUT2D eigenvalue weighted by atomic mass is 10.1. The largest absolute Gasteiger partial charge is 0.463 e. The Balaban J connectivity index is 1.45. The molecular weight excluding hydrogens is 540 g/mol. The van der Waals surface area contributed by atoms with Crippen LogP contribution < -0.4 is 14.5 Å². The summed E-state index contributed by atoms with van der Waals surface area (Å²) in [5.74, 6) is 0.776. The third kappa shape index (κ3) is 6.10. The summed E-state index contributed by atoms with van der Waals surface area (Å²) < 4.78 is 5.96. The smallest absolute Gasteiger partial charge is 0.318 e. The van der Waals surface area contributed by atoms with E-state index in [-0.39, 0.29) is 36.9 Å². The standard InChI is InChI=1S/C31H37ClN6O3/c1-5-27(39)37-17-18-38(21(2)20-37)30-23-12-15-36(26-11-7-9-22-8-6-10-24(32)29(22)26)16-13-25(23)33-31(34-30)41-19-14-28(40)35(3)4/h5-11,21H,1,12-20H2,2-4H3/t21-/m0/s1. The molecule has 10 heteroatoms. The average molecular weight is 577 g/mol. The first-order valence-electron chi connectivity index (χ1n) is 14.1. The molecule has 2 aliphatic rings. The van der Waals surface area contributed by atoms with Crippen LogP contribution in [0.15, 0.2) is 49.1 Å². The molecule has 2 aromatic carbocycles. The van der Waals surface area contributed by atoms with Gasteiger partial charge in [-0.05, 0) is 36.9 Å². The van der Waals surface area contributed by atoms with E-state index in [4.69, 9.17) is 26.3 Å². The number of fused-ring (bicyclic) bond motifs is 2. The molecule has 41 heavy (non-hydrogen) atoms. The number of carbonyl (C=O) groups excluding carboxylic acids is 2. The zero-order chi connectivity index (χ0) is 29.1. The Morgan fingerprint density at radius 1 is 1.10 bits per heavy atom. The zero-order valence-electron chi connectivity index (χ0n) is 24.0. The van der Waals surface area contributed by atoms with E-state index in [1.54, 1.807) is 19.0 Å². The maximum atomic E-state index is 12.3. The third-order valence-corrected chi connectivity index (χ3v) is 8.22. The number of anilines is 2. The molecule has 1 atom stereocenters. The van der Waals surface area contributed by atoms with Gasteiger partial charge in [0.15, 0.2) is 0 Å². The van der Waals surface area contributed by atoms with E-state index in [1.807, 2.05) is 17.0 Å². The van der Waals surface area contributed by atoms with Crippen molar-refractivity contribution in [3.63, 3.8) is 0 Å². The molecule has 216 valence electrons. The molecule has 2 amide bonds. The van der Waals surface area contributed by atoms with Gasteiger partial charge in [0.1, 0.15) is 12.4 Å². The number of nitrogens with zero attached hydrogens (tertiary/aromatic N) is 6. The first kappa shape index (κ1) is 28.7. The number of benzene rings is 2. The predicted octanol–water partition coefficient (Wildman–Crippen LogP) is 3.97. The van der Waals surface area contributed by atoms with Crippen molar-refractivity contribution in [2.75, 3.05) is 63.2 Å². The van der Waals surface area contributed by atoms with Gasteiger partial charge in [-0.25, -0.2) is 0 Å². The fraction of sp³-hybridized carbons (Fsp3) is 0.419. The Morgan fingerprint density at radius 3 is 2.59 bits per heavy atom. The monoisotopic (exact) mass is 576 g/mol. The minimum absolute atomic E-state index is 0.0130. The summed E-state index contributed by atoms with van der Waals surface area (Å²) >= 11 is 6.68. The fourth-order valence-corrected chi connectivity index (χ4v) is 5.97. The lowest BCUT2D eigenvalue weighted by Gasteiger charge is -2.41. The van der Waals surface area contributed by atoms with Crippen LogP contribution in [0.25, 0.3) is 10.8 Å². The van der Waals surface area contributed by atoms with Crippen LogP contribution in [0.1, 0.15) is 24.6 Å². The summed E-state index contributed by atoms with van der Waals surface area (Å²) in [5.41, 5.74) is 3.17. The van der Waals surface area contributed by atoms with Crippen molar-refractivity contribution in [1.29, 1.82) is 0 Å². The van der Waals surface area contributed by atoms with Crippen molar-refractivity contribution in [1.82, 2.24) is 19.8 Å². The quantitative estimate of drug-likeness (QED) is 0.394. The lowest BCUT2D eigenvalue weighted by Crippen LogP contribution is -2.54. The predicted molar refractivity (Wildman–Crippen MR) is 163 cm³/mol. The molecule has 5 rings (SSSR count). The van der Waals surface area contributed by atoms with Crippen LogP contribution in [0.5, 0.6) is 6.01 Å². The second kappa shape index (κ2) is 12.3. The molecule has 0 N–H and O–H groups in total. The number of amides is 2. The molecule has 0 unspecified atom stereocenters. The maximum Gasteiger partial charge on any atom is 0.318 e. The van der Waals surface area contributed by atoms with Crippen molar-refractivity contribution in [2.45, 2.75) is 32.2 Å². The number of ether oxygens (including phenoxy) is 1. The van der Waals surface area contributed by atoms with Crippen molar-refractivity contribution in [3.8, 4) is 6.01 Å². The molecule has 3 heterocycles. The summed E-state index contributed by atoms with van der Waals surface area (Å²) in [5, 5.41) is 2.91. The minimum atomic E-state index is -0.0583. The normalized spacial score (nSPS) is 17.2. The molecule has 1 aromatic heterocycles. The first-order valence-corrected chi connectivity index (χ1v) is 14.5. The van der Waals surface area contributed by atoms with Crippen molar-refractivity contribution in [3.05, 3.63) is 65.3 Å². The Morgan fingerprint density at radius 2 is 1.85 bits per heavy atom. The van der Waals surface area contributed by atoms with Crippen LogP contribution in [0.3, 0.4) is 0 Å². The van der Waals surface area contributed by atoms with Crippen molar-refractivity contribution in [2.24, 2.45) is 0 Å². The third-order valence-electron chi connectivity index (χ3n) is 7.90. The van der Waals surface area contributed by atoms with Gasteiger partial charge in [0.2, 0.25) is 11.8 Å². The van der Waals surface area contributed by atoms with Gasteiger partial charge in [-0.3, -0.25) is 9.59 Å². The van der Waals surface area contributed by atoms with E-state index < -0.39 is 0 Å². The topological polar surface area (TPSA) is 82.1 Å². The molecular formula is C31H37ClN6O3. The Kier molecular flexibility index (Phi) is 8.63. The molecule has 1 fully saturated rings. The Bertz CT molecular complexity index is 1460. The van der Waals surface area contributed by atoms with Gasteiger partial charge in [0, 0.05) is 75.9 Å². The van der Waals surface area contributed by atoms with E-state index in [2.05, 4.69) is 47.6 Å². The summed E-state index contributed by atoms with van der Waals surface area (Å²) in [6, 6.07) is 12.6. The van der Waals surface area contributed by atoms with E-state index in [9.17, 15) is 9.59 Å². The SMILES string of the molecule is C=CC(=O)N1CCN(c2nc(OCCC(=O)N(C)C)nc3c2CCN(c2cccc4cccc(Cl)c24)CC3)[C@@H](C)C1. The van der Waals surface area contributed by atoms with Crippen LogP contribution in [0, 0.1) is 0 Å². The maximum absolute atomic E-state index is 12.3. The number of rotatable bonds is 7. The number of halogens is 1. The molecule has 0 saturated carbocycles. The van der Waals surface area contributed by atoms with Crippen molar-refractivity contribution < 1.29 is 14.3 Å². The van der Waals surface area contributed by atoms with Gasteiger partial charge in [-0.15, -0.1) is 0 Å². The number of hydrogen-bond donors (Lipinski definition) is 0. The Hall–Kier alpha value is -3.85. The van der Waals surface area contributed by atoms with Crippen LogP contribution in [-0.4, -0.2) is 91.0 Å². The van der Waals surface area contributed by atoms with Crippen molar-refractivity contribution >= 4 is 45.7 Å². The van der Waals surface area contributed by atoms with Crippen LogP contribution in [0.4, 0.5) is 11.5 Å². The van der Waals surface area contributed by atoms with Gasteiger partial charge in [0.05, 0.1) is 17.1 Å². The molecule has 1 saturated heterocycles. The molecule has 3 aromatic rings. The minimum Gasteiger partial charge on any atom is -0.463 e. The van der Waals surface area contributed by atoms with E-state index >= 15 is 0 Å². The van der Waals surface area contributed by atoms with Gasteiger partial charge < -0.3 is 24.3 Å². The van der Waals surface area contributed by atoms with E-state index in [0.717, 1.165) is 58.1 Å². The number of piperazine rings is 1. The summed E-state index contributed by atoms with van der Waals surface area (Å²) in [6.45, 7) is 9.32. The summed E-state index contributed by atoms with van der Waals surface area (Å²) in [7, 11) is 3.46. The number of aromatic nitrogens is 2. The highest BCUT2D eigenvalue weighted by molar-refractivity contribution is 6.36. The molecule has 0 aliphatic carbocycles. The first-order chi connectivity index (χ1) is 19.8. The van der Waals surface area contributed by atoms with Gasteiger partial charge in [-0.1, -0.05) is 42.4 Å². The van der Waals surface area contributed by atoms with Crippen LogP contribution in [-0.2, 0) is 22.4 Å². The van der Waals surface area contributed by atoms with Crippen LogP contribution >= 0.6 is 11.6 Å². The zero-order valence-corrected chi connectivity index (χ0v) is 24.7. The molecule has 0 bridgehead atoms. The number of hydrogen-bond acceptors (Lipinski definition) is 7. The van der Waals surface area contributed by atoms with E-state index in [0.29, 0.717) is 26.1 Å². The van der Waals surface area contributed by atoms with E-state index in [1.165, 1.54) is 6.08 Å².